The molecule has 0 bridgehead atoms. The summed E-state index contributed by atoms with van der Waals surface area (Å²) in [5.74, 6) is -4.09. The Kier molecular flexibility index (Phi) is 22.2. The number of amides is 2. The first-order valence-corrected chi connectivity index (χ1v) is 7.46. The zero-order valence-electron chi connectivity index (χ0n) is 16.7. The van der Waals surface area contributed by atoms with E-state index in [1.165, 1.54) is 28.1 Å². The molecule has 0 aliphatic rings. The van der Waals surface area contributed by atoms with Gasteiger partial charge in [0.1, 0.15) is 12.1 Å². The number of carboxylic acids is 1. The Balaban J connectivity index is -0.000000202. The van der Waals surface area contributed by atoms with Crippen LogP contribution in [0.15, 0.2) is 0 Å². The molecule has 0 fully saturated rings. The Hall–Kier alpha value is -2.48. The standard InChI is InChI=1S/C8H13NO5.C7H11NO5.2H2S/c1-5(10)9-6(8(12)14-3)4-7(11)13-2;1-4(9)8-5(3-6(10)11)7(12)13-2;;/h6H,4H2,1-3H3,(H,9,10);5H,3H2,1-2H3,(H,8,9)(H,10,11);2*1H2. The minimum absolute atomic E-state index is 0. The lowest BCUT2D eigenvalue weighted by Crippen LogP contribution is -2.42. The average Bonchev–Trinajstić information content (AvgIpc) is 2.58. The molecule has 14 heteroatoms. The molecule has 2 atom stereocenters. The lowest BCUT2D eigenvalue weighted by Gasteiger charge is -2.13. The number of methoxy groups -OCH3 is 3. The van der Waals surface area contributed by atoms with Gasteiger partial charge in [-0.15, -0.1) is 0 Å². The van der Waals surface area contributed by atoms with E-state index in [2.05, 4.69) is 24.8 Å². The van der Waals surface area contributed by atoms with E-state index in [1.807, 2.05) is 0 Å². The quantitative estimate of drug-likeness (QED) is 0.288. The van der Waals surface area contributed by atoms with Crippen LogP contribution < -0.4 is 10.6 Å². The van der Waals surface area contributed by atoms with Crippen molar-refractivity contribution in [2.75, 3.05) is 21.3 Å². The van der Waals surface area contributed by atoms with Gasteiger partial charge in [0.05, 0.1) is 34.2 Å². The number of esters is 3. The Bertz CT molecular complexity index is 555. The van der Waals surface area contributed by atoms with Gasteiger partial charge in [-0.2, -0.15) is 27.0 Å². The molecule has 0 aromatic carbocycles. The molecular weight excluding hydrogens is 432 g/mol. The van der Waals surface area contributed by atoms with E-state index in [9.17, 15) is 28.8 Å². The molecule has 0 saturated carbocycles. The maximum Gasteiger partial charge on any atom is 0.328 e. The van der Waals surface area contributed by atoms with Crippen LogP contribution >= 0.6 is 27.0 Å². The summed E-state index contributed by atoms with van der Waals surface area (Å²) >= 11 is 0. The number of hydrogen-bond acceptors (Lipinski definition) is 9. The van der Waals surface area contributed by atoms with Crippen LogP contribution in [0, 0.1) is 0 Å². The summed E-state index contributed by atoms with van der Waals surface area (Å²) in [6.07, 6.45) is -0.713. The molecule has 0 rings (SSSR count). The van der Waals surface area contributed by atoms with Gasteiger partial charge in [-0.1, -0.05) is 0 Å². The lowest BCUT2D eigenvalue weighted by molar-refractivity contribution is -0.150. The molecule has 0 saturated heterocycles. The first-order valence-electron chi connectivity index (χ1n) is 7.46. The van der Waals surface area contributed by atoms with E-state index in [0.29, 0.717) is 0 Å². The zero-order valence-corrected chi connectivity index (χ0v) is 18.7. The number of carbonyl (C=O) groups excluding carboxylic acids is 5. The topological polar surface area (TPSA) is 174 Å². The summed E-state index contributed by atoms with van der Waals surface area (Å²) in [5, 5.41) is 12.8. The number of rotatable bonds is 8. The van der Waals surface area contributed by atoms with Crippen molar-refractivity contribution in [2.45, 2.75) is 38.8 Å². The van der Waals surface area contributed by atoms with Crippen LogP contribution in [0.4, 0.5) is 0 Å². The molecule has 0 spiro atoms. The fourth-order valence-corrected chi connectivity index (χ4v) is 1.59. The maximum absolute atomic E-state index is 11.1. The molecule has 0 aliphatic heterocycles. The second kappa shape index (κ2) is 18.9. The molecule has 2 unspecified atom stereocenters. The minimum atomic E-state index is -1.18. The highest BCUT2D eigenvalue weighted by molar-refractivity contribution is 7.59. The molecule has 0 aromatic heterocycles. The van der Waals surface area contributed by atoms with E-state index >= 15 is 0 Å². The summed E-state index contributed by atoms with van der Waals surface area (Å²) in [6.45, 7) is 2.44. The van der Waals surface area contributed by atoms with E-state index in [0.717, 1.165) is 7.11 Å². The lowest BCUT2D eigenvalue weighted by atomic mass is 10.2. The smallest absolute Gasteiger partial charge is 0.328 e. The van der Waals surface area contributed by atoms with Crippen LogP contribution in [0.5, 0.6) is 0 Å². The fraction of sp³-hybridized carbons (Fsp3) is 0.600. The number of hydrogen-bond donors (Lipinski definition) is 3. The Labute approximate surface area is 181 Å². The first kappa shape index (κ1) is 34.1. The van der Waals surface area contributed by atoms with Gasteiger partial charge in [-0.05, 0) is 0 Å². The van der Waals surface area contributed by atoms with Crippen LogP contribution in [0.2, 0.25) is 0 Å². The Morgan fingerprint density at radius 1 is 0.724 bits per heavy atom. The van der Waals surface area contributed by atoms with Crippen LogP contribution in [0.25, 0.3) is 0 Å². The fourth-order valence-electron chi connectivity index (χ4n) is 1.59. The predicted molar refractivity (Wildman–Crippen MR) is 109 cm³/mol. The summed E-state index contributed by atoms with van der Waals surface area (Å²) in [4.78, 5) is 64.2. The normalized spacial score (nSPS) is 10.7. The number of carbonyl (C=O) groups is 6. The summed E-state index contributed by atoms with van der Waals surface area (Å²) in [6, 6.07) is -2.09. The van der Waals surface area contributed by atoms with Crippen molar-refractivity contribution in [1.82, 2.24) is 10.6 Å². The second-order valence-corrected chi connectivity index (χ2v) is 4.93. The van der Waals surface area contributed by atoms with Crippen molar-refractivity contribution >= 4 is 62.7 Å². The van der Waals surface area contributed by atoms with E-state index in [1.54, 1.807) is 0 Å². The number of nitrogens with one attached hydrogen (secondary N) is 2. The summed E-state index contributed by atoms with van der Waals surface area (Å²) in [5.41, 5.74) is 0. The predicted octanol–water partition coefficient (Wildman–Crippen LogP) is -1.41. The van der Waals surface area contributed by atoms with Crippen LogP contribution in [-0.2, 0) is 43.0 Å². The van der Waals surface area contributed by atoms with Crippen LogP contribution in [0.1, 0.15) is 26.7 Å². The van der Waals surface area contributed by atoms with Gasteiger partial charge in [-0.25, -0.2) is 9.59 Å². The monoisotopic (exact) mass is 460 g/mol. The highest BCUT2D eigenvalue weighted by atomic mass is 32.1. The minimum Gasteiger partial charge on any atom is -0.481 e. The van der Waals surface area contributed by atoms with Gasteiger partial charge in [0, 0.05) is 13.8 Å². The number of aliphatic carboxylic acids is 1. The number of carboxylic acid groups (broad SMARTS) is 1. The maximum atomic E-state index is 11.1. The third-order valence-electron chi connectivity index (χ3n) is 2.70. The molecule has 0 radical (unpaired) electrons. The van der Waals surface area contributed by atoms with E-state index < -0.39 is 54.2 Å². The average molecular weight is 461 g/mol. The van der Waals surface area contributed by atoms with E-state index in [-0.39, 0.29) is 33.4 Å². The molecule has 2 amide bonds. The van der Waals surface area contributed by atoms with Crippen LogP contribution in [-0.4, -0.2) is 74.2 Å². The van der Waals surface area contributed by atoms with E-state index in [4.69, 9.17) is 5.11 Å². The molecule has 170 valence electrons. The highest BCUT2D eigenvalue weighted by Crippen LogP contribution is 1.97. The molecule has 12 nitrogen and oxygen atoms in total. The highest BCUT2D eigenvalue weighted by Gasteiger charge is 2.24. The van der Waals surface area contributed by atoms with Crippen molar-refractivity contribution in [3.63, 3.8) is 0 Å². The van der Waals surface area contributed by atoms with Crippen LogP contribution in [0.3, 0.4) is 0 Å². The van der Waals surface area contributed by atoms with Gasteiger partial charge in [0.25, 0.3) is 0 Å². The summed E-state index contributed by atoms with van der Waals surface area (Å²) in [7, 11) is 3.50. The van der Waals surface area contributed by atoms with Gasteiger partial charge < -0.3 is 30.0 Å². The molecular formula is C15H28N2O10S2. The summed E-state index contributed by atoms with van der Waals surface area (Å²) < 4.78 is 13.1. The Morgan fingerprint density at radius 3 is 1.31 bits per heavy atom. The third-order valence-corrected chi connectivity index (χ3v) is 2.70. The van der Waals surface area contributed by atoms with Crippen molar-refractivity contribution in [3.05, 3.63) is 0 Å². The van der Waals surface area contributed by atoms with Gasteiger partial charge in [-0.3, -0.25) is 19.2 Å². The van der Waals surface area contributed by atoms with Crippen molar-refractivity contribution in [3.8, 4) is 0 Å². The van der Waals surface area contributed by atoms with Crippen molar-refractivity contribution in [2.24, 2.45) is 0 Å². The zero-order chi connectivity index (χ0) is 21.6. The third kappa shape index (κ3) is 18.6. The first-order chi connectivity index (χ1) is 12.5. The van der Waals surface area contributed by atoms with Crippen molar-refractivity contribution in [1.29, 1.82) is 0 Å². The molecule has 29 heavy (non-hydrogen) atoms. The Morgan fingerprint density at radius 2 is 1.07 bits per heavy atom. The molecule has 3 N–H and O–H groups in total. The van der Waals surface area contributed by atoms with Gasteiger partial charge in [0.15, 0.2) is 0 Å². The number of ether oxygens (including phenoxy) is 3. The molecule has 0 heterocycles. The molecule has 0 aromatic rings. The van der Waals surface area contributed by atoms with Crippen molar-refractivity contribution < 1.29 is 48.1 Å². The second-order valence-electron chi connectivity index (χ2n) is 4.93. The van der Waals surface area contributed by atoms with Gasteiger partial charge in [0.2, 0.25) is 11.8 Å². The SMILES string of the molecule is COC(=O)C(CC(=O)O)NC(C)=O.COC(=O)CC(NC(C)=O)C(=O)OC.S.S. The van der Waals surface area contributed by atoms with Gasteiger partial charge >= 0.3 is 23.9 Å². The largest absolute Gasteiger partial charge is 0.481 e. The molecule has 0 aliphatic carbocycles.